The molecule has 0 saturated heterocycles. The van der Waals surface area contributed by atoms with Gasteiger partial charge >= 0.3 is 0 Å². The number of nitrogens with zero attached hydrogens (tertiary/aromatic N) is 3. The summed E-state index contributed by atoms with van der Waals surface area (Å²) in [6.07, 6.45) is 3.62. The maximum Gasteiger partial charge on any atom is 0.167 e. The van der Waals surface area contributed by atoms with E-state index in [-0.39, 0.29) is 0 Å². The van der Waals surface area contributed by atoms with Crippen molar-refractivity contribution in [3.63, 3.8) is 0 Å². The van der Waals surface area contributed by atoms with E-state index in [9.17, 15) is 0 Å². The Morgan fingerprint density at radius 1 is 1.33 bits per heavy atom. The van der Waals surface area contributed by atoms with E-state index in [1.54, 1.807) is 28.9 Å². The summed E-state index contributed by atoms with van der Waals surface area (Å²) in [6, 6.07) is 2.08. The lowest BCUT2D eigenvalue weighted by molar-refractivity contribution is 1.05. The number of aliphatic imine (C=N–C) groups is 1. The van der Waals surface area contributed by atoms with Crippen LogP contribution in [0.2, 0.25) is 0 Å². The number of nitrogens with one attached hydrogen (secondary N) is 2. The van der Waals surface area contributed by atoms with Gasteiger partial charge in [0.15, 0.2) is 10.8 Å². The van der Waals surface area contributed by atoms with Crippen LogP contribution in [0.1, 0.15) is 15.6 Å². The smallest absolute Gasteiger partial charge is 0.167 e. The summed E-state index contributed by atoms with van der Waals surface area (Å²) in [6.45, 7) is 6.12. The third-order valence-electron chi connectivity index (χ3n) is 3.22. The summed E-state index contributed by atoms with van der Waals surface area (Å²) < 4.78 is 0. The lowest BCUT2D eigenvalue weighted by atomic mass is 10.2. The van der Waals surface area contributed by atoms with Crippen LogP contribution in [0.5, 0.6) is 0 Å². The molecule has 1 aliphatic rings. The molecule has 3 aromatic rings. The van der Waals surface area contributed by atoms with Gasteiger partial charge in [0.2, 0.25) is 0 Å². The monoisotopic (exact) mass is 313 g/mol. The van der Waals surface area contributed by atoms with Gasteiger partial charge < -0.3 is 5.32 Å². The molecule has 21 heavy (non-hydrogen) atoms. The zero-order valence-electron chi connectivity index (χ0n) is 11.2. The standard InChI is InChI=1S/C14H11N5S2/c1-7-9(6-16-19-7)11-5-10-12(21-11)8(2)17-13(18-10)14-15-3-4-20-14/h3-6H,2H2,1H3,(H,16,19)(H,17,18). The van der Waals surface area contributed by atoms with Crippen LogP contribution in [-0.2, 0) is 0 Å². The van der Waals surface area contributed by atoms with Gasteiger partial charge in [-0.25, -0.2) is 9.98 Å². The highest BCUT2D eigenvalue weighted by Crippen LogP contribution is 2.41. The fourth-order valence-corrected chi connectivity index (χ4v) is 3.87. The number of H-pyrrole nitrogens is 1. The van der Waals surface area contributed by atoms with Gasteiger partial charge in [0, 0.05) is 27.7 Å². The van der Waals surface area contributed by atoms with Crippen LogP contribution >= 0.6 is 22.7 Å². The van der Waals surface area contributed by atoms with Gasteiger partial charge in [-0.2, -0.15) is 5.10 Å². The Morgan fingerprint density at radius 2 is 2.24 bits per heavy atom. The van der Waals surface area contributed by atoms with E-state index in [4.69, 9.17) is 0 Å². The lowest BCUT2D eigenvalue weighted by Gasteiger charge is -2.14. The van der Waals surface area contributed by atoms with Crippen molar-refractivity contribution in [1.29, 1.82) is 0 Å². The molecule has 4 heterocycles. The second-order valence-electron chi connectivity index (χ2n) is 4.63. The predicted molar refractivity (Wildman–Crippen MR) is 87.1 cm³/mol. The summed E-state index contributed by atoms with van der Waals surface area (Å²) in [7, 11) is 0. The Bertz CT molecular complexity index is 854. The molecule has 1 aliphatic heterocycles. The molecule has 0 bridgehead atoms. The first-order chi connectivity index (χ1) is 10.2. The van der Waals surface area contributed by atoms with Gasteiger partial charge in [0.1, 0.15) is 0 Å². The van der Waals surface area contributed by atoms with E-state index in [0.717, 1.165) is 43.2 Å². The third kappa shape index (κ3) is 2.01. The van der Waals surface area contributed by atoms with Crippen molar-refractivity contribution in [3.05, 3.63) is 46.0 Å². The van der Waals surface area contributed by atoms with Gasteiger partial charge in [0.25, 0.3) is 0 Å². The van der Waals surface area contributed by atoms with Crippen LogP contribution in [0.3, 0.4) is 0 Å². The van der Waals surface area contributed by atoms with Crippen LogP contribution in [0.25, 0.3) is 16.1 Å². The number of aryl methyl sites for hydroxylation is 1. The summed E-state index contributed by atoms with van der Waals surface area (Å²) in [5.41, 5.74) is 3.96. The maximum atomic E-state index is 4.67. The Balaban J connectivity index is 1.82. The van der Waals surface area contributed by atoms with Crippen molar-refractivity contribution in [2.45, 2.75) is 6.92 Å². The van der Waals surface area contributed by atoms with Crippen LogP contribution in [0.15, 0.2) is 35.4 Å². The predicted octanol–water partition coefficient (Wildman–Crippen LogP) is 3.56. The first-order valence-corrected chi connectivity index (χ1v) is 8.01. The molecule has 104 valence electrons. The number of hydrogen-bond donors (Lipinski definition) is 2. The zero-order valence-corrected chi connectivity index (χ0v) is 12.8. The van der Waals surface area contributed by atoms with Crippen molar-refractivity contribution >= 4 is 39.9 Å². The minimum absolute atomic E-state index is 0.760. The highest BCUT2D eigenvalue weighted by atomic mass is 32.1. The summed E-state index contributed by atoms with van der Waals surface area (Å²) in [5, 5.41) is 13.1. The van der Waals surface area contributed by atoms with Crippen LogP contribution in [0, 0.1) is 6.92 Å². The SMILES string of the molecule is C=C1NC(c2nccs2)=Nc2cc(-c3cn[nH]c3C)sc21. The Morgan fingerprint density at radius 3 is 2.95 bits per heavy atom. The number of hydrogen-bond acceptors (Lipinski definition) is 6. The molecule has 0 amide bonds. The average molecular weight is 313 g/mol. The number of aromatic amines is 1. The average Bonchev–Trinajstić information content (AvgIpc) is 3.17. The Hall–Kier alpha value is -2.25. The maximum absolute atomic E-state index is 4.67. The first kappa shape index (κ1) is 12.5. The summed E-state index contributed by atoms with van der Waals surface area (Å²) in [4.78, 5) is 11.2. The minimum atomic E-state index is 0.760. The molecule has 0 fully saturated rings. The third-order valence-corrected chi connectivity index (χ3v) is 5.22. The van der Waals surface area contributed by atoms with Gasteiger partial charge in [-0.3, -0.25) is 5.10 Å². The van der Waals surface area contributed by atoms with E-state index in [1.807, 2.05) is 18.5 Å². The van der Waals surface area contributed by atoms with E-state index in [0.29, 0.717) is 0 Å². The quantitative estimate of drug-likeness (QED) is 0.760. The molecule has 2 N–H and O–H groups in total. The molecule has 0 radical (unpaired) electrons. The van der Waals surface area contributed by atoms with Crippen molar-refractivity contribution < 1.29 is 0 Å². The topological polar surface area (TPSA) is 66.0 Å². The van der Waals surface area contributed by atoms with E-state index in [1.165, 1.54) is 0 Å². The molecule has 5 nitrogen and oxygen atoms in total. The van der Waals surface area contributed by atoms with Crippen LogP contribution < -0.4 is 5.32 Å². The van der Waals surface area contributed by atoms with E-state index >= 15 is 0 Å². The first-order valence-electron chi connectivity index (χ1n) is 6.31. The zero-order chi connectivity index (χ0) is 14.4. The van der Waals surface area contributed by atoms with E-state index < -0.39 is 0 Å². The molecule has 0 aliphatic carbocycles. The number of thiophene rings is 1. The van der Waals surface area contributed by atoms with Crippen molar-refractivity contribution in [2.75, 3.05) is 0 Å². The number of thiazole rings is 1. The second-order valence-corrected chi connectivity index (χ2v) is 6.58. The van der Waals surface area contributed by atoms with Gasteiger partial charge in [-0.05, 0) is 13.0 Å². The summed E-state index contributed by atoms with van der Waals surface area (Å²) in [5.74, 6) is 0.760. The van der Waals surface area contributed by atoms with Gasteiger partial charge in [-0.1, -0.05) is 6.58 Å². The van der Waals surface area contributed by atoms with Gasteiger partial charge in [-0.15, -0.1) is 22.7 Å². The van der Waals surface area contributed by atoms with Crippen LogP contribution in [0.4, 0.5) is 5.69 Å². The number of aromatic nitrogens is 3. The Labute approximate surface area is 129 Å². The molecule has 0 saturated carbocycles. The Kier molecular flexibility index (Phi) is 2.76. The number of fused-ring (bicyclic) bond motifs is 1. The largest absolute Gasteiger partial charge is 0.337 e. The lowest BCUT2D eigenvalue weighted by Crippen LogP contribution is -2.24. The minimum Gasteiger partial charge on any atom is -0.337 e. The molecule has 4 rings (SSSR count). The summed E-state index contributed by atoms with van der Waals surface area (Å²) >= 11 is 3.22. The second kappa shape index (κ2) is 4.64. The van der Waals surface area contributed by atoms with E-state index in [2.05, 4.69) is 38.1 Å². The molecular weight excluding hydrogens is 302 g/mol. The van der Waals surface area contributed by atoms with Crippen molar-refractivity contribution in [1.82, 2.24) is 20.5 Å². The molecule has 0 atom stereocenters. The van der Waals surface area contributed by atoms with Gasteiger partial charge in [0.05, 0.1) is 22.5 Å². The fraction of sp³-hybridized carbons (Fsp3) is 0.0714. The highest BCUT2D eigenvalue weighted by molar-refractivity contribution is 7.17. The van der Waals surface area contributed by atoms with Crippen molar-refractivity contribution in [2.24, 2.45) is 4.99 Å². The molecule has 0 unspecified atom stereocenters. The molecule has 7 heteroatoms. The molecule has 3 aromatic heterocycles. The van der Waals surface area contributed by atoms with Crippen LogP contribution in [-0.4, -0.2) is 21.0 Å². The fourth-order valence-electron chi connectivity index (χ4n) is 2.20. The highest BCUT2D eigenvalue weighted by Gasteiger charge is 2.21. The number of rotatable bonds is 2. The molecule has 0 aromatic carbocycles. The molecule has 0 spiro atoms. The van der Waals surface area contributed by atoms with Crippen molar-refractivity contribution in [3.8, 4) is 10.4 Å². The molecular formula is C14H11N5S2. The number of amidine groups is 1. The normalized spacial score (nSPS) is 13.8.